The summed E-state index contributed by atoms with van der Waals surface area (Å²) in [5.74, 6) is 2.69. The maximum absolute atomic E-state index is 11.3. The number of anilines is 2. The van der Waals surface area contributed by atoms with Crippen molar-refractivity contribution in [2.24, 2.45) is 29.4 Å². The summed E-state index contributed by atoms with van der Waals surface area (Å²) in [7, 11) is 0. The number of nitrogens with zero attached hydrogens (tertiary/aromatic N) is 1. The minimum atomic E-state index is -0.562. The number of nitriles is 1. The van der Waals surface area contributed by atoms with Gasteiger partial charge in [-0.1, -0.05) is 0 Å². The zero-order valence-electron chi connectivity index (χ0n) is 10.9. The van der Waals surface area contributed by atoms with Gasteiger partial charge in [0.1, 0.15) is 21.5 Å². The van der Waals surface area contributed by atoms with E-state index in [0.29, 0.717) is 11.6 Å². The monoisotopic (exact) mass is 288 g/mol. The molecule has 1 amide bonds. The maximum atomic E-state index is 11.3. The lowest BCUT2D eigenvalue weighted by molar-refractivity contribution is 0.100. The number of primary amides is 1. The van der Waals surface area contributed by atoms with Crippen molar-refractivity contribution < 1.29 is 4.79 Å². The lowest BCUT2D eigenvalue weighted by Crippen LogP contribution is -2.12. The number of carbonyl (C=O) groups excluding carboxylic acids is 1. The fourth-order valence-corrected chi connectivity index (χ4v) is 5.48. The second-order valence-corrected chi connectivity index (χ2v) is 7.20. The molecule has 0 spiro atoms. The van der Waals surface area contributed by atoms with E-state index in [-0.39, 0.29) is 10.6 Å². The largest absolute Gasteiger partial charge is 0.396 e. The lowest BCUT2D eigenvalue weighted by Gasteiger charge is -2.10. The topological polar surface area (TPSA) is 105 Å². The highest BCUT2D eigenvalue weighted by molar-refractivity contribution is 7.18. The summed E-state index contributed by atoms with van der Waals surface area (Å²) >= 11 is 1.22. The molecular formula is C14H16N4OS. The van der Waals surface area contributed by atoms with E-state index in [4.69, 9.17) is 11.5 Å². The van der Waals surface area contributed by atoms with E-state index in [1.807, 2.05) is 0 Å². The third-order valence-electron chi connectivity index (χ3n) is 5.31. The van der Waals surface area contributed by atoms with Gasteiger partial charge in [-0.05, 0) is 42.9 Å². The number of hydrogen-bond acceptors (Lipinski definition) is 5. The molecule has 6 heteroatoms. The van der Waals surface area contributed by atoms with Crippen molar-refractivity contribution >= 4 is 27.9 Å². The Morgan fingerprint density at radius 1 is 1.35 bits per heavy atom. The van der Waals surface area contributed by atoms with E-state index in [1.165, 1.54) is 30.6 Å². The summed E-state index contributed by atoms with van der Waals surface area (Å²) in [6, 6.07) is 2.56. The minimum Gasteiger partial charge on any atom is -0.396 e. The quantitative estimate of drug-likeness (QED) is 0.788. The first-order valence-electron chi connectivity index (χ1n) is 7.00. The Balaban J connectivity index is 1.60. The summed E-state index contributed by atoms with van der Waals surface area (Å²) in [5.41, 5.74) is 11.7. The molecule has 0 saturated heterocycles. The molecule has 1 aromatic heterocycles. The van der Waals surface area contributed by atoms with Crippen LogP contribution in [0.15, 0.2) is 0 Å². The van der Waals surface area contributed by atoms with Gasteiger partial charge in [0.05, 0.1) is 5.69 Å². The SMILES string of the molecule is N#Cc1c(NC2C3C4CCC(C4)C23)sc(C(N)=O)c1N. The van der Waals surface area contributed by atoms with Gasteiger partial charge in [-0.3, -0.25) is 4.79 Å². The Morgan fingerprint density at radius 2 is 2.00 bits per heavy atom. The van der Waals surface area contributed by atoms with E-state index < -0.39 is 5.91 Å². The Bertz CT molecular complexity index is 630. The average Bonchev–Trinajstić information content (AvgIpc) is 2.78. The smallest absolute Gasteiger partial charge is 0.261 e. The van der Waals surface area contributed by atoms with Crippen LogP contribution in [0.3, 0.4) is 0 Å². The third-order valence-corrected chi connectivity index (χ3v) is 6.47. The van der Waals surface area contributed by atoms with E-state index in [0.717, 1.165) is 28.7 Å². The van der Waals surface area contributed by atoms with Gasteiger partial charge in [0.15, 0.2) is 0 Å². The van der Waals surface area contributed by atoms with Crippen LogP contribution in [0.2, 0.25) is 0 Å². The fraction of sp³-hybridized carbons (Fsp3) is 0.571. The molecule has 104 valence electrons. The lowest BCUT2D eigenvalue weighted by atomic mass is 10.0. The number of amides is 1. The molecule has 4 unspecified atom stereocenters. The van der Waals surface area contributed by atoms with Crippen LogP contribution in [-0.2, 0) is 0 Å². The molecule has 3 saturated carbocycles. The van der Waals surface area contributed by atoms with Crippen LogP contribution in [0, 0.1) is 35.0 Å². The molecule has 2 bridgehead atoms. The summed E-state index contributed by atoms with van der Waals surface area (Å²) in [4.78, 5) is 11.6. The van der Waals surface area contributed by atoms with Crippen molar-refractivity contribution in [1.29, 1.82) is 5.26 Å². The summed E-state index contributed by atoms with van der Waals surface area (Å²) in [6.45, 7) is 0. The number of fused-ring (bicyclic) bond motifs is 5. The molecule has 5 N–H and O–H groups in total. The summed E-state index contributed by atoms with van der Waals surface area (Å²) < 4.78 is 0. The van der Waals surface area contributed by atoms with E-state index >= 15 is 0 Å². The standard InChI is InChI=1S/C14H16N4OS/c15-4-7-10(16)12(13(17)19)20-14(7)18-11-8-5-1-2-6(3-5)9(8)11/h5-6,8-9,11,18H,1-3,16H2,(H2,17,19). The number of carbonyl (C=O) groups is 1. The van der Waals surface area contributed by atoms with Gasteiger partial charge < -0.3 is 16.8 Å². The molecule has 4 rings (SSSR count). The predicted molar refractivity (Wildman–Crippen MR) is 77.2 cm³/mol. The molecule has 3 aliphatic carbocycles. The van der Waals surface area contributed by atoms with Gasteiger partial charge in [0, 0.05) is 6.04 Å². The van der Waals surface area contributed by atoms with Crippen molar-refractivity contribution in [3.8, 4) is 6.07 Å². The first kappa shape index (κ1) is 12.0. The van der Waals surface area contributed by atoms with Crippen LogP contribution < -0.4 is 16.8 Å². The molecule has 0 aliphatic heterocycles. The van der Waals surface area contributed by atoms with Gasteiger partial charge in [0.25, 0.3) is 5.91 Å². The van der Waals surface area contributed by atoms with Crippen molar-refractivity contribution in [1.82, 2.24) is 0 Å². The normalized spacial score (nSPS) is 36.5. The van der Waals surface area contributed by atoms with Crippen LogP contribution >= 0.6 is 11.3 Å². The molecule has 0 radical (unpaired) electrons. The van der Waals surface area contributed by atoms with Crippen LogP contribution in [0.25, 0.3) is 0 Å². The Morgan fingerprint density at radius 3 is 2.55 bits per heavy atom. The summed E-state index contributed by atoms with van der Waals surface area (Å²) in [6.07, 6.45) is 4.10. The highest BCUT2D eigenvalue weighted by Gasteiger charge is 2.65. The van der Waals surface area contributed by atoms with Crippen LogP contribution in [0.5, 0.6) is 0 Å². The van der Waals surface area contributed by atoms with Crippen molar-refractivity contribution in [3.05, 3.63) is 10.4 Å². The fourth-order valence-electron chi connectivity index (χ4n) is 4.51. The number of hydrogen-bond donors (Lipinski definition) is 3. The predicted octanol–water partition coefficient (Wildman–Crippen LogP) is 1.76. The summed E-state index contributed by atoms with van der Waals surface area (Å²) in [5, 5.41) is 13.4. The van der Waals surface area contributed by atoms with Gasteiger partial charge in [-0.2, -0.15) is 5.26 Å². The highest BCUT2D eigenvalue weighted by atomic mass is 32.1. The van der Waals surface area contributed by atoms with Gasteiger partial charge in [-0.25, -0.2) is 0 Å². The number of rotatable bonds is 3. The van der Waals surface area contributed by atoms with Crippen LogP contribution in [0.4, 0.5) is 10.7 Å². The number of nitrogen functional groups attached to an aromatic ring is 1. The number of nitrogens with two attached hydrogens (primary N) is 2. The molecular weight excluding hydrogens is 272 g/mol. The molecule has 20 heavy (non-hydrogen) atoms. The van der Waals surface area contributed by atoms with E-state index in [1.54, 1.807) is 0 Å². The van der Waals surface area contributed by atoms with Gasteiger partial charge >= 0.3 is 0 Å². The molecule has 1 heterocycles. The van der Waals surface area contributed by atoms with E-state index in [2.05, 4.69) is 11.4 Å². The van der Waals surface area contributed by atoms with Crippen LogP contribution in [0.1, 0.15) is 34.5 Å². The molecule has 3 fully saturated rings. The number of thiophene rings is 1. The van der Waals surface area contributed by atoms with E-state index in [9.17, 15) is 10.1 Å². The zero-order valence-corrected chi connectivity index (χ0v) is 11.7. The Labute approximate surface area is 120 Å². The molecule has 3 aliphatic rings. The minimum absolute atomic E-state index is 0.223. The second-order valence-electron chi connectivity index (χ2n) is 6.18. The average molecular weight is 288 g/mol. The zero-order chi connectivity index (χ0) is 14.0. The van der Waals surface area contributed by atoms with Crippen LogP contribution in [-0.4, -0.2) is 11.9 Å². The number of nitrogens with one attached hydrogen (secondary N) is 1. The van der Waals surface area contributed by atoms with Crippen molar-refractivity contribution in [2.45, 2.75) is 25.3 Å². The molecule has 0 aromatic carbocycles. The third kappa shape index (κ3) is 1.44. The highest BCUT2D eigenvalue weighted by Crippen LogP contribution is 2.66. The molecule has 4 atom stereocenters. The van der Waals surface area contributed by atoms with Crippen molar-refractivity contribution in [2.75, 3.05) is 11.1 Å². The van der Waals surface area contributed by atoms with Crippen molar-refractivity contribution in [3.63, 3.8) is 0 Å². The molecule has 5 nitrogen and oxygen atoms in total. The second kappa shape index (κ2) is 3.89. The van der Waals surface area contributed by atoms with Gasteiger partial charge in [-0.15, -0.1) is 11.3 Å². The first-order valence-corrected chi connectivity index (χ1v) is 7.82. The Kier molecular flexibility index (Phi) is 2.34. The van der Waals surface area contributed by atoms with Gasteiger partial charge in [0.2, 0.25) is 0 Å². The first-order chi connectivity index (χ1) is 9.61. The Hall–Kier alpha value is -1.74. The molecule has 1 aromatic rings. The maximum Gasteiger partial charge on any atom is 0.261 e.